The normalized spacial score (nSPS) is 12.4. The first-order valence-electron chi connectivity index (χ1n) is 9.40. The van der Waals surface area contributed by atoms with Crippen LogP contribution < -0.4 is 4.90 Å². The highest BCUT2D eigenvalue weighted by Crippen LogP contribution is 2.23. The van der Waals surface area contributed by atoms with Crippen molar-refractivity contribution >= 4 is 5.69 Å². The van der Waals surface area contributed by atoms with Crippen molar-refractivity contribution in [3.8, 4) is 0 Å². The third-order valence-electron chi connectivity index (χ3n) is 4.63. The molecule has 1 unspecified atom stereocenters. The second-order valence-electron chi connectivity index (χ2n) is 7.02. The number of anilines is 1. The van der Waals surface area contributed by atoms with Gasteiger partial charge in [0.2, 0.25) is 0 Å². The smallest absolute Gasteiger partial charge is 0.0396 e. The number of hydrogen-bond acceptors (Lipinski definition) is 1. The molecule has 126 valence electrons. The molecule has 0 N–H and O–H groups in total. The first-order valence-corrected chi connectivity index (χ1v) is 9.40. The van der Waals surface area contributed by atoms with Crippen LogP contribution in [0.1, 0.15) is 76.8 Å². The molecule has 0 bridgehead atoms. The maximum Gasteiger partial charge on any atom is 0.0396 e. The summed E-state index contributed by atoms with van der Waals surface area (Å²) in [5, 5.41) is 0. The summed E-state index contributed by atoms with van der Waals surface area (Å²) in [6.07, 6.45) is 9.50. The number of hydrogen-bond donors (Lipinski definition) is 0. The van der Waals surface area contributed by atoms with Crippen molar-refractivity contribution in [2.75, 3.05) is 18.0 Å². The van der Waals surface area contributed by atoms with Crippen LogP contribution in [0, 0.1) is 19.8 Å². The van der Waals surface area contributed by atoms with Crippen LogP contribution in [-0.4, -0.2) is 13.1 Å². The predicted molar refractivity (Wildman–Crippen MR) is 101 cm³/mol. The van der Waals surface area contributed by atoms with E-state index in [1.54, 1.807) is 0 Å². The molecule has 1 nitrogen and oxygen atoms in total. The SMILES string of the molecule is CCCCCCC(C)CCN(CCC)c1ccc(C)cc1C. The highest BCUT2D eigenvalue weighted by Gasteiger charge is 2.10. The Morgan fingerprint density at radius 1 is 0.909 bits per heavy atom. The summed E-state index contributed by atoms with van der Waals surface area (Å²) in [7, 11) is 0. The molecule has 0 aromatic heterocycles. The maximum absolute atomic E-state index is 2.59. The van der Waals surface area contributed by atoms with Crippen molar-refractivity contribution in [3.05, 3.63) is 29.3 Å². The lowest BCUT2D eigenvalue weighted by Crippen LogP contribution is -2.27. The lowest BCUT2D eigenvalue weighted by Gasteiger charge is -2.27. The first kappa shape index (κ1) is 19.1. The maximum atomic E-state index is 2.59. The van der Waals surface area contributed by atoms with Gasteiger partial charge in [-0.25, -0.2) is 0 Å². The van der Waals surface area contributed by atoms with E-state index in [0.717, 1.165) is 5.92 Å². The molecular formula is C21H37N. The number of rotatable bonds is 11. The minimum Gasteiger partial charge on any atom is -0.371 e. The lowest BCUT2D eigenvalue weighted by atomic mass is 9.99. The van der Waals surface area contributed by atoms with Gasteiger partial charge in [0.15, 0.2) is 0 Å². The van der Waals surface area contributed by atoms with E-state index in [-0.39, 0.29) is 0 Å². The Morgan fingerprint density at radius 2 is 1.68 bits per heavy atom. The average Bonchev–Trinajstić information content (AvgIpc) is 2.48. The van der Waals surface area contributed by atoms with Gasteiger partial charge in [-0.15, -0.1) is 0 Å². The third-order valence-corrected chi connectivity index (χ3v) is 4.63. The zero-order valence-electron chi connectivity index (χ0n) is 15.6. The van der Waals surface area contributed by atoms with Gasteiger partial charge >= 0.3 is 0 Å². The molecule has 1 atom stereocenters. The zero-order valence-corrected chi connectivity index (χ0v) is 15.6. The molecule has 0 aliphatic rings. The summed E-state index contributed by atoms with van der Waals surface area (Å²) >= 11 is 0. The molecule has 1 heteroatoms. The van der Waals surface area contributed by atoms with Gasteiger partial charge in [-0.1, -0.05) is 70.6 Å². The Kier molecular flexibility index (Phi) is 9.27. The van der Waals surface area contributed by atoms with Gasteiger partial charge < -0.3 is 4.90 Å². The van der Waals surface area contributed by atoms with E-state index in [2.05, 4.69) is 57.7 Å². The van der Waals surface area contributed by atoms with Gasteiger partial charge in [0.1, 0.15) is 0 Å². The molecule has 0 heterocycles. The molecule has 0 aliphatic carbocycles. The Balaban J connectivity index is 2.50. The van der Waals surface area contributed by atoms with E-state index in [1.807, 2.05) is 0 Å². The molecule has 22 heavy (non-hydrogen) atoms. The van der Waals surface area contributed by atoms with Crippen molar-refractivity contribution in [1.29, 1.82) is 0 Å². The van der Waals surface area contributed by atoms with E-state index in [0.29, 0.717) is 0 Å². The van der Waals surface area contributed by atoms with Gasteiger partial charge in [-0.05, 0) is 44.2 Å². The van der Waals surface area contributed by atoms with Crippen molar-refractivity contribution < 1.29 is 0 Å². The first-order chi connectivity index (χ1) is 10.6. The molecule has 0 aliphatic heterocycles. The van der Waals surface area contributed by atoms with E-state index in [1.165, 1.54) is 74.8 Å². The molecule has 1 aromatic rings. The summed E-state index contributed by atoms with van der Waals surface area (Å²) in [5.74, 6) is 0.849. The number of benzene rings is 1. The Bertz CT molecular complexity index is 410. The summed E-state index contributed by atoms with van der Waals surface area (Å²) in [6.45, 7) is 13.8. The van der Waals surface area contributed by atoms with Crippen molar-refractivity contribution in [2.24, 2.45) is 5.92 Å². The van der Waals surface area contributed by atoms with Gasteiger partial charge in [0.25, 0.3) is 0 Å². The van der Waals surface area contributed by atoms with Crippen LogP contribution in [0.3, 0.4) is 0 Å². The van der Waals surface area contributed by atoms with E-state index >= 15 is 0 Å². The third kappa shape index (κ3) is 6.85. The predicted octanol–water partition coefficient (Wildman–Crippen LogP) is 6.52. The minimum absolute atomic E-state index is 0.849. The van der Waals surface area contributed by atoms with Crippen LogP contribution >= 0.6 is 0 Å². The van der Waals surface area contributed by atoms with Crippen LogP contribution in [0.5, 0.6) is 0 Å². The fourth-order valence-electron chi connectivity index (χ4n) is 3.22. The van der Waals surface area contributed by atoms with Gasteiger partial charge in [-0.3, -0.25) is 0 Å². The summed E-state index contributed by atoms with van der Waals surface area (Å²) in [6, 6.07) is 6.87. The summed E-state index contributed by atoms with van der Waals surface area (Å²) < 4.78 is 0. The fraction of sp³-hybridized carbons (Fsp3) is 0.714. The second-order valence-corrected chi connectivity index (χ2v) is 7.02. The van der Waals surface area contributed by atoms with E-state index in [9.17, 15) is 0 Å². The molecule has 0 amide bonds. The summed E-state index contributed by atoms with van der Waals surface area (Å²) in [4.78, 5) is 2.59. The topological polar surface area (TPSA) is 3.24 Å². The zero-order chi connectivity index (χ0) is 16.4. The summed E-state index contributed by atoms with van der Waals surface area (Å²) in [5.41, 5.74) is 4.22. The average molecular weight is 304 g/mol. The quantitative estimate of drug-likeness (QED) is 0.421. The van der Waals surface area contributed by atoms with E-state index in [4.69, 9.17) is 0 Å². The van der Waals surface area contributed by atoms with Crippen LogP contribution in [0.4, 0.5) is 5.69 Å². The Morgan fingerprint density at radius 3 is 2.32 bits per heavy atom. The molecule has 0 radical (unpaired) electrons. The van der Waals surface area contributed by atoms with Crippen molar-refractivity contribution in [3.63, 3.8) is 0 Å². The molecule has 0 saturated heterocycles. The highest BCUT2D eigenvalue weighted by atomic mass is 15.1. The van der Waals surface area contributed by atoms with Gasteiger partial charge in [-0.2, -0.15) is 0 Å². The number of nitrogens with zero attached hydrogens (tertiary/aromatic N) is 1. The molecule has 1 rings (SSSR count). The molecule has 0 saturated carbocycles. The van der Waals surface area contributed by atoms with Crippen LogP contribution in [0.25, 0.3) is 0 Å². The van der Waals surface area contributed by atoms with E-state index < -0.39 is 0 Å². The Labute approximate surface area is 139 Å². The monoisotopic (exact) mass is 303 g/mol. The largest absolute Gasteiger partial charge is 0.371 e. The van der Waals surface area contributed by atoms with Crippen LogP contribution in [-0.2, 0) is 0 Å². The molecule has 0 fully saturated rings. The fourth-order valence-corrected chi connectivity index (χ4v) is 3.22. The second kappa shape index (κ2) is 10.7. The van der Waals surface area contributed by atoms with Gasteiger partial charge in [0, 0.05) is 18.8 Å². The van der Waals surface area contributed by atoms with Crippen molar-refractivity contribution in [2.45, 2.75) is 79.6 Å². The van der Waals surface area contributed by atoms with Crippen molar-refractivity contribution in [1.82, 2.24) is 0 Å². The molecular weight excluding hydrogens is 266 g/mol. The highest BCUT2D eigenvalue weighted by molar-refractivity contribution is 5.54. The number of unbranched alkanes of at least 4 members (excludes halogenated alkanes) is 3. The Hall–Kier alpha value is -0.980. The number of aryl methyl sites for hydroxylation is 2. The standard InChI is InChI=1S/C21H37N/c1-6-8-9-10-11-18(3)14-16-22(15-7-2)21-13-12-19(4)17-20(21)5/h12-13,17-18H,6-11,14-16H2,1-5H3. The van der Waals surface area contributed by atoms with Crippen LogP contribution in [0.15, 0.2) is 18.2 Å². The van der Waals surface area contributed by atoms with Crippen LogP contribution in [0.2, 0.25) is 0 Å². The van der Waals surface area contributed by atoms with Gasteiger partial charge in [0.05, 0.1) is 0 Å². The molecule has 1 aromatic carbocycles. The minimum atomic E-state index is 0.849. The lowest BCUT2D eigenvalue weighted by molar-refractivity contribution is 0.458. The molecule has 0 spiro atoms.